The molecule has 5 nitrogen and oxygen atoms in total. The molecule has 2 heterocycles. The van der Waals surface area contributed by atoms with Crippen LogP contribution >= 0.6 is 23.4 Å². The molecule has 0 bridgehead atoms. The lowest BCUT2D eigenvalue weighted by Crippen LogP contribution is -2.31. The summed E-state index contributed by atoms with van der Waals surface area (Å²) in [6.07, 6.45) is 3.23. The summed E-state index contributed by atoms with van der Waals surface area (Å²) in [6.45, 7) is 2.11. The molecule has 130 valence electrons. The summed E-state index contributed by atoms with van der Waals surface area (Å²) in [5.41, 5.74) is 7.71. The summed E-state index contributed by atoms with van der Waals surface area (Å²) in [6, 6.07) is 11.0. The summed E-state index contributed by atoms with van der Waals surface area (Å²) in [4.78, 5) is 21.1. The van der Waals surface area contributed by atoms with Crippen LogP contribution in [0.4, 0.5) is 5.69 Å². The van der Waals surface area contributed by atoms with Crippen LogP contribution in [0.2, 0.25) is 5.02 Å². The number of hydrogen-bond acceptors (Lipinski definition) is 5. The monoisotopic (exact) mass is 374 g/mol. The Morgan fingerprint density at radius 3 is 2.92 bits per heavy atom. The zero-order chi connectivity index (χ0) is 17.9. The van der Waals surface area contributed by atoms with Crippen molar-refractivity contribution in [1.29, 1.82) is 0 Å². The maximum absolute atomic E-state index is 12.3. The van der Waals surface area contributed by atoms with E-state index in [-0.39, 0.29) is 11.4 Å². The predicted molar refractivity (Wildman–Crippen MR) is 104 cm³/mol. The number of pyridine rings is 1. The smallest absolute Gasteiger partial charge is 0.274 e. The number of carbonyl (C=O) groups is 1. The lowest BCUT2D eigenvalue weighted by molar-refractivity contribution is 0.102. The first kappa shape index (κ1) is 17.8. The number of aromatic nitrogens is 1. The summed E-state index contributed by atoms with van der Waals surface area (Å²) in [7, 11) is 0. The average Bonchev–Trinajstić information content (AvgIpc) is 2.62. The maximum Gasteiger partial charge on any atom is 0.274 e. The number of amides is 1. The molecule has 7 heteroatoms. The molecule has 1 aliphatic heterocycles. The van der Waals surface area contributed by atoms with Gasteiger partial charge in [-0.1, -0.05) is 42.4 Å². The molecule has 3 N–H and O–H groups in total. The zero-order valence-corrected chi connectivity index (χ0v) is 15.4. The van der Waals surface area contributed by atoms with Crippen LogP contribution in [0.5, 0.6) is 0 Å². The highest BCUT2D eigenvalue weighted by molar-refractivity contribution is 8.13. The molecule has 0 saturated carbocycles. The third-order valence-electron chi connectivity index (χ3n) is 4.29. The van der Waals surface area contributed by atoms with E-state index in [1.807, 2.05) is 24.3 Å². The van der Waals surface area contributed by atoms with Gasteiger partial charge in [0.25, 0.3) is 5.91 Å². The molecule has 1 aromatic heterocycles. The van der Waals surface area contributed by atoms with Gasteiger partial charge in [0.15, 0.2) is 5.17 Å². The minimum absolute atomic E-state index is 0.276. The number of nitrogens with two attached hydrogens (primary N) is 1. The molecule has 1 unspecified atom stereocenters. The third kappa shape index (κ3) is 3.96. The first-order valence-corrected chi connectivity index (χ1v) is 9.40. The van der Waals surface area contributed by atoms with Crippen LogP contribution < -0.4 is 11.1 Å². The van der Waals surface area contributed by atoms with Crippen molar-refractivity contribution < 1.29 is 4.79 Å². The maximum atomic E-state index is 12.3. The van der Waals surface area contributed by atoms with Gasteiger partial charge in [0.1, 0.15) is 5.69 Å². The molecular weight excluding hydrogens is 356 g/mol. The third-order valence-corrected chi connectivity index (χ3v) is 5.31. The van der Waals surface area contributed by atoms with Crippen LogP contribution in [0.3, 0.4) is 0 Å². The molecule has 0 spiro atoms. The number of halogens is 1. The van der Waals surface area contributed by atoms with Gasteiger partial charge < -0.3 is 11.1 Å². The highest BCUT2D eigenvalue weighted by Gasteiger charge is 2.33. The van der Waals surface area contributed by atoms with Gasteiger partial charge in [-0.2, -0.15) is 0 Å². The molecule has 0 radical (unpaired) electrons. The highest BCUT2D eigenvalue weighted by Crippen LogP contribution is 2.39. The number of amidine groups is 1. The van der Waals surface area contributed by atoms with Crippen molar-refractivity contribution in [3.05, 3.63) is 58.9 Å². The van der Waals surface area contributed by atoms with Crippen LogP contribution in [0.1, 0.15) is 35.8 Å². The SMILES string of the molecule is CCC1(c2cccc(NC(=O)c3ccc(Cl)cn3)c2)CCSC(N)=N1. The quantitative estimate of drug-likeness (QED) is 0.846. The number of benzene rings is 1. The normalized spacial score (nSPS) is 20.0. The number of carbonyl (C=O) groups excluding carboxylic acids is 1. The zero-order valence-electron chi connectivity index (χ0n) is 13.8. The topological polar surface area (TPSA) is 80.4 Å². The standard InChI is InChI=1S/C18H19ClN4OS/c1-2-18(8-9-25-17(20)23-18)12-4-3-5-14(10-12)22-16(24)15-7-6-13(19)11-21-15/h3-7,10-11H,2,8-9H2,1H3,(H2,20,23)(H,22,24). The fourth-order valence-electron chi connectivity index (χ4n) is 2.88. The summed E-state index contributed by atoms with van der Waals surface area (Å²) >= 11 is 7.39. The number of nitrogens with zero attached hydrogens (tertiary/aromatic N) is 2. The molecule has 3 rings (SSSR count). The Bertz CT molecular complexity index is 809. The first-order valence-electron chi connectivity index (χ1n) is 8.04. The fraction of sp³-hybridized carbons (Fsp3) is 0.278. The van der Waals surface area contributed by atoms with E-state index in [1.54, 1.807) is 23.9 Å². The lowest BCUT2D eigenvalue weighted by atomic mass is 9.85. The first-order chi connectivity index (χ1) is 12.0. The van der Waals surface area contributed by atoms with Gasteiger partial charge >= 0.3 is 0 Å². The molecule has 2 aromatic rings. The van der Waals surface area contributed by atoms with E-state index in [0.29, 0.717) is 21.6 Å². The minimum atomic E-state index is -0.325. The molecule has 1 aliphatic rings. The van der Waals surface area contributed by atoms with E-state index < -0.39 is 0 Å². The van der Waals surface area contributed by atoms with E-state index >= 15 is 0 Å². The van der Waals surface area contributed by atoms with Crippen LogP contribution in [0.15, 0.2) is 47.6 Å². The molecule has 0 fully saturated rings. The van der Waals surface area contributed by atoms with E-state index in [4.69, 9.17) is 22.3 Å². The second-order valence-corrected chi connectivity index (χ2v) is 7.38. The molecule has 0 saturated heterocycles. The van der Waals surface area contributed by atoms with Crippen molar-refractivity contribution in [2.75, 3.05) is 11.1 Å². The summed E-state index contributed by atoms with van der Waals surface area (Å²) in [5, 5.41) is 3.99. The molecular formula is C18H19ClN4OS. The van der Waals surface area contributed by atoms with E-state index in [0.717, 1.165) is 24.2 Å². The Morgan fingerprint density at radius 2 is 2.24 bits per heavy atom. The Hall–Kier alpha value is -2.05. The van der Waals surface area contributed by atoms with Gasteiger partial charge in [0.05, 0.1) is 10.6 Å². The summed E-state index contributed by atoms with van der Waals surface area (Å²) < 4.78 is 0. The largest absolute Gasteiger partial charge is 0.379 e. The van der Waals surface area contributed by atoms with Gasteiger partial charge in [0, 0.05) is 17.6 Å². The minimum Gasteiger partial charge on any atom is -0.379 e. The highest BCUT2D eigenvalue weighted by atomic mass is 35.5. The van der Waals surface area contributed by atoms with Crippen molar-refractivity contribution in [3.63, 3.8) is 0 Å². The predicted octanol–water partition coefficient (Wildman–Crippen LogP) is 4.04. The van der Waals surface area contributed by atoms with Gasteiger partial charge in [-0.05, 0) is 42.7 Å². The fourth-order valence-corrected chi connectivity index (χ4v) is 3.88. The average molecular weight is 375 g/mol. The van der Waals surface area contributed by atoms with Gasteiger partial charge in [-0.15, -0.1) is 0 Å². The number of thioether (sulfide) groups is 1. The second kappa shape index (κ2) is 7.45. The van der Waals surface area contributed by atoms with Crippen LogP contribution in [-0.2, 0) is 5.54 Å². The van der Waals surface area contributed by atoms with E-state index in [2.05, 4.69) is 17.2 Å². The Labute approximate surface area is 156 Å². The number of aliphatic imine (C=N–C) groups is 1. The Balaban J connectivity index is 1.85. The molecule has 1 aromatic carbocycles. The van der Waals surface area contributed by atoms with Crippen LogP contribution in [0.25, 0.3) is 0 Å². The van der Waals surface area contributed by atoms with Gasteiger partial charge in [0.2, 0.25) is 0 Å². The van der Waals surface area contributed by atoms with Crippen molar-refractivity contribution in [2.45, 2.75) is 25.3 Å². The van der Waals surface area contributed by atoms with Crippen molar-refractivity contribution in [1.82, 2.24) is 4.98 Å². The van der Waals surface area contributed by atoms with Crippen molar-refractivity contribution in [2.24, 2.45) is 10.7 Å². The number of rotatable bonds is 4. The van der Waals surface area contributed by atoms with Crippen LogP contribution in [-0.4, -0.2) is 21.8 Å². The Kier molecular flexibility index (Phi) is 5.30. The summed E-state index contributed by atoms with van der Waals surface area (Å²) in [5.74, 6) is 0.663. The van der Waals surface area contributed by atoms with Crippen LogP contribution in [0, 0.1) is 0 Å². The molecule has 25 heavy (non-hydrogen) atoms. The second-order valence-electron chi connectivity index (χ2n) is 5.83. The lowest BCUT2D eigenvalue weighted by Gasteiger charge is -2.33. The molecule has 1 atom stereocenters. The molecule has 1 amide bonds. The van der Waals surface area contributed by atoms with Gasteiger partial charge in [-0.3, -0.25) is 9.79 Å². The van der Waals surface area contributed by atoms with Crippen molar-refractivity contribution in [3.8, 4) is 0 Å². The number of nitrogens with one attached hydrogen (secondary N) is 1. The molecule has 0 aliphatic carbocycles. The number of hydrogen-bond donors (Lipinski definition) is 2. The van der Waals surface area contributed by atoms with E-state index in [9.17, 15) is 4.79 Å². The van der Waals surface area contributed by atoms with E-state index in [1.165, 1.54) is 6.20 Å². The Morgan fingerprint density at radius 1 is 1.40 bits per heavy atom. The van der Waals surface area contributed by atoms with Crippen molar-refractivity contribution >= 4 is 40.1 Å². The number of anilines is 1. The van der Waals surface area contributed by atoms with Gasteiger partial charge in [-0.25, -0.2) is 4.98 Å².